The number of hydrogen-bond acceptors (Lipinski definition) is 4. The Kier molecular flexibility index (Phi) is 3.23. The predicted molar refractivity (Wildman–Crippen MR) is 59.6 cm³/mol. The average Bonchev–Trinajstić information content (AvgIpc) is 2.32. The lowest BCUT2D eigenvalue weighted by Gasteiger charge is -2.23. The molecule has 0 radical (unpaired) electrons. The monoisotopic (exact) mass is 240 g/mol. The van der Waals surface area contributed by atoms with Gasteiger partial charge in [-0.2, -0.15) is 0 Å². The van der Waals surface area contributed by atoms with E-state index in [4.69, 9.17) is 0 Å². The molecule has 1 aromatic carbocycles. The number of rotatable bonds is 2. The molecule has 6 heteroatoms. The zero-order valence-corrected chi connectivity index (χ0v) is 9.15. The summed E-state index contributed by atoms with van der Waals surface area (Å²) in [5, 5.41) is 23.6. The largest absolute Gasteiger partial charge is 0.502 e. The highest BCUT2D eigenvalue weighted by atomic mass is 19.1. The first kappa shape index (κ1) is 11.8. The normalized spacial score (nSPS) is 20.2. The number of phenolic OH excluding ortho intramolecular Hbond substituents is 1. The third-order valence-corrected chi connectivity index (χ3v) is 3.02. The van der Waals surface area contributed by atoms with Gasteiger partial charge in [-0.1, -0.05) is 0 Å². The van der Waals surface area contributed by atoms with Crippen LogP contribution in [0.4, 0.5) is 10.1 Å². The maximum atomic E-state index is 13.3. The van der Waals surface area contributed by atoms with Gasteiger partial charge in [0, 0.05) is 18.0 Å². The molecule has 2 N–H and O–H groups in total. The molecule has 5 nitrogen and oxygen atoms in total. The summed E-state index contributed by atoms with van der Waals surface area (Å²) >= 11 is 0. The Bertz CT molecular complexity index is 445. The molecule has 1 heterocycles. The van der Waals surface area contributed by atoms with Gasteiger partial charge in [-0.3, -0.25) is 10.1 Å². The molecule has 0 aromatic heterocycles. The van der Waals surface area contributed by atoms with Crippen LogP contribution < -0.4 is 5.32 Å². The lowest BCUT2D eigenvalue weighted by atomic mass is 9.90. The molecule has 92 valence electrons. The topological polar surface area (TPSA) is 75.4 Å². The SMILES string of the molecule is O=[N+]([O-])c1cc(F)cc(C2CCCNC2)c1O. The Morgan fingerprint density at radius 2 is 2.29 bits per heavy atom. The van der Waals surface area contributed by atoms with Crippen molar-refractivity contribution in [3.05, 3.63) is 33.6 Å². The van der Waals surface area contributed by atoms with Gasteiger partial charge in [0.15, 0.2) is 5.75 Å². The minimum Gasteiger partial charge on any atom is -0.502 e. The number of piperidine rings is 1. The molecular weight excluding hydrogens is 227 g/mol. The molecule has 0 bridgehead atoms. The van der Waals surface area contributed by atoms with Crippen molar-refractivity contribution in [3.63, 3.8) is 0 Å². The highest BCUT2D eigenvalue weighted by Gasteiger charge is 2.25. The fourth-order valence-corrected chi connectivity index (χ4v) is 2.17. The molecular formula is C11H13FN2O3. The average molecular weight is 240 g/mol. The van der Waals surface area contributed by atoms with Gasteiger partial charge in [0.2, 0.25) is 0 Å². The zero-order valence-electron chi connectivity index (χ0n) is 9.15. The van der Waals surface area contributed by atoms with Crippen molar-refractivity contribution >= 4 is 5.69 Å². The van der Waals surface area contributed by atoms with E-state index in [9.17, 15) is 19.6 Å². The summed E-state index contributed by atoms with van der Waals surface area (Å²) in [6.07, 6.45) is 1.70. The van der Waals surface area contributed by atoms with Crippen molar-refractivity contribution in [1.82, 2.24) is 5.32 Å². The van der Waals surface area contributed by atoms with Crippen molar-refractivity contribution < 1.29 is 14.4 Å². The van der Waals surface area contributed by atoms with E-state index in [0.29, 0.717) is 12.1 Å². The van der Waals surface area contributed by atoms with Crippen LogP contribution in [0.15, 0.2) is 12.1 Å². The Labute approximate surface area is 97.4 Å². The highest BCUT2D eigenvalue weighted by Crippen LogP contribution is 2.37. The van der Waals surface area contributed by atoms with Crippen LogP contribution in [0.1, 0.15) is 24.3 Å². The van der Waals surface area contributed by atoms with E-state index in [0.717, 1.165) is 25.5 Å². The fraction of sp³-hybridized carbons (Fsp3) is 0.455. The second-order valence-corrected chi connectivity index (χ2v) is 4.16. The van der Waals surface area contributed by atoms with Gasteiger partial charge in [0.25, 0.3) is 0 Å². The molecule has 1 fully saturated rings. The summed E-state index contributed by atoms with van der Waals surface area (Å²) in [5.41, 5.74) is -0.241. The minimum absolute atomic E-state index is 0.0712. The number of phenols is 1. The maximum absolute atomic E-state index is 13.3. The van der Waals surface area contributed by atoms with E-state index >= 15 is 0 Å². The predicted octanol–water partition coefficient (Wildman–Crippen LogP) is 1.91. The molecule has 0 spiro atoms. The molecule has 1 aliphatic heterocycles. The van der Waals surface area contributed by atoms with Crippen LogP contribution in [-0.4, -0.2) is 23.1 Å². The quantitative estimate of drug-likeness (QED) is 0.611. The van der Waals surface area contributed by atoms with E-state index in [1.165, 1.54) is 6.07 Å². The molecule has 2 rings (SSSR count). The number of aromatic hydroxyl groups is 1. The van der Waals surface area contributed by atoms with Gasteiger partial charge in [-0.15, -0.1) is 0 Å². The molecule has 1 saturated heterocycles. The minimum atomic E-state index is -0.766. The Morgan fingerprint density at radius 3 is 2.88 bits per heavy atom. The molecule has 17 heavy (non-hydrogen) atoms. The van der Waals surface area contributed by atoms with E-state index in [-0.39, 0.29) is 5.92 Å². The number of nitro benzene ring substituents is 1. The van der Waals surface area contributed by atoms with Crippen molar-refractivity contribution in [3.8, 4) is 5.75 Å². The maximum Gasteiger partial charge on any atom is 0.313 e. The summed E-state index contributed by atoms with van der Waals surface area (Å²) in [6.45, 7) is 1.49. The summed E-state index contributed by atoms with van der Waals surface area (Å²) < 4.78 is 13.3. The Hall–Kier alpha value is -1.69. The van der Waals surface area contributed by atoms with Crippen LogP contribution >= 0.6 is 0 Å². The second kappa shape index (κ2) is 4.67. The first-order valence-electron chi connectivity index (χ1n) is 5.47. The third kappa shape index (κ3) is 2.36. The summed E-state index contributed by atoms with van der Waals surface area (Å²) in [7, 11) is 0. The van der Waals surface area contributed by atoms with Crippen LogP contribution in [0.2, 0.25) is 0 Å². The van der Waals surface area contributed by atoms with Gasteiger partial charge in [-0.25, -0.2) is 4.39 Å². The highest BCUT2D eigenvalue weighted by molar-refractivity contribution is 5.52. The first-order chi connectivity index (χ1) is 8.09. The molecule has 1 atom stereocenters. The Morgan fingerprint density at radius 1 is 1.53 bits per heavy atom. The van der Waals surface area contributed by atoms with Crippen LogP contribution in [0.3, 0.4) is 0 Å². The summed E-state index contributed by atoms with van der Waals surface area (Å²) in [5.74, 6) is -1.17. The van der Waals surface area contributed by atoms with Crippen molar-refractivity contribution in [2.75, 3.05) is 13.1 Å². The smallest absolute Gasteiger partial charge is 0.313 e. The van der Waals surface area contributed by atoms with Crippen molar-refractivity contribution in [2.24, 2.45) is 0 Å². The van der Waals surface area contributed by atoms with Crippen LogP contribution in [0, 0.1) is 15.9 Å². The second-order valence-electron chi connectivity index (χ2n) is 4.16. The molecule has 0 saturated carbocycles. The molecule has 0 aliphatic carbocycles. The lowest BCUT2D eigenvalue weighted by Crippen LogP contribution is -2.28. The number of nitro groups is 1. The van der Waals surface area contributed by atoms with E-state index in [1.54, 1.807) is 0 Å². The fourth-order valence-electron chi connectivity index (χ4n) is 2.17. The van der Waals surface area contributed by atoms with Gasteiger partial charge < -0.3 is 10.4 Å². The van der Waals surface area contributed by atoms with E-state index in [2.05, 4.69) is 5.32 Å². The molecule has 1 aromatic rings. The standard InChI is InChI=1S/C11H13FN2O3/c12-8-4-9(7-2-1-3-13-6-7)11(15)10(5-8)14(16)17/h4-5,7,13,15H,1-3,6H2. The number of benzene rings is 1. The van der Waals surface area contributed by atoms with E-state index < -0.39 is 22.2 Å². The van der Waals surface area contributed by atoms with Gasteiger partial charge >= 0.3 is 5.69 Å². The number of nitrogens with one attached hydrogen (secondary N) is 1. The number of halogens is 1. The van der Waals surface area contributed by atoms with Gasteiger partial charge in [0.1, 0.15) is 5.82 Å². The number of nitrogens with zero attached hydrogens (tertiary/aromatic N) is 1. The van der Waals surface area contributed by atoms with Crippen molar-refractivity contribution in [1.29, 1.82) is 0 Å². The first-order valence-corrected chi connectivity index (χ1v) is 5.47. The van der Waals surface area contributed by atoms with Gasteiger partial charge in [-0.05, 0) is 25.5 Å². The summed E-state index contributed by atoms with van der Waals surface area (Å²) in [4.78, 5) is 9.91. The van der Waals surface area contributed by atoms with Crippen LogP contribution in [0.25, 0.3) is 0 Å². The van der Waals surface area contributed by atoms with Crippen LogP contribution in [0.5, 0.6) is 5.75 Å². The lowest BCUT2D eigenvalue weighted by molar-refractivity contribution is -0.386. The van der Waals surface area contributed by atoms with Crippen molar-refractivity contribution in [2.45, 2.75) is 18.8 Å². The van der Waals surface area contributed by atoms with E-state index in [1.807, 2.05) is 0 Å². The van der Waals surface area contributed by atoms with Gasteiger partial charge in [0.05, 0.1) is 11.0 Å². The number of hydrogen-bond donors (Lipinski definition) is 2. The molecule has 1 aliphatic rings. The Balaban J connectivity index is 2.41. The third-order valence-electron chi connectivity index (χ3n) is 3.02. The van der Waals surface area contributed by atoms with Crippen LogP contribution in [-0.2, 0) is 0 Å². The summed E-state index contributed by atoms with van der Waals surface area (Å²) in [6, 6.07) is 1.93. The molecule has 0 amide bonds. The molecule has 1 unspecified atom stereocenters. The zero-order chi connectivity index (χ0) is 12.4.